The maximum Gasteiger partial charge on any atom is 0.228 e. The van der Waals surface area contributed by atoms with Gasteiger partial charge in [0.2, 0.25) is 5.91 Å². The van der Waals surface area contributed by atoms with Gasteiger partial charge in [-0.3, -0.25) is 14.5 Å². The average Bonchev–Trinajstić information content (AvgIpc) is 2.63. The molecule has 0 aliphatic rings. The standard InChI is InChI=1S/C20H19Cl3NO4/c1-13(25)12-28-17-6-4-15(5-7-17)24(14(2)26)16-10-18(22)20(19(23)11-16)27-9-3-8-21/h4-7,10-11H,1,3,8-9,12H2,2H3. The largest absolute Gasteiger partial charge is 0.490 e. The van der Waals surface area contributed by atoms with E-state index in [-0.39, 0.29) is 28.3 Å². The molecule has 2 aromatic rings. The Balaban J connectivity index is 2.28. The number of benzene rings is 2. The zero-order valence-corrected chi connectivity index (χ0v) is 17.5. The molecule has 0 spiro atoms. The van der Waals surface area contributed by atoms with E-state index in [1.165, 1.54) is 11.8 Å². The van der Waals surface area contributed by atoms with E-state index in [9.17, 15) is 9.59 Å². The second-order valence-electron chi connectivity index (χ2n) is 5.81. The second-order valence-corrected chi connectivity index (χ2v) is 7.00. The van der Waals surface area contributed by atoms with Crippen LogP contribution in [0.5, 0.6) is 11.5 Å². The lowest BCUT2D eigenvalue weighted by molar-refractivity contribution is -0.117. The summed E-state index contributed by atoms with van der Waals surface area (Å²) in [6.07, 6.45) is 0.656. The number of amides is 1. The Morgan fingerprint density at radius 3 is 2.14 bits per heavy atom. The lowest BCUT2D eigenvalue weighted by Gasteiger charge is -2.23. The van der Waals surface area contributed by atoms with Crippen LogP contribution in [-0.2, 0) is 9.59 Å². The highest BCUT2D eigenvalue weighted by Crippen LogP contribution is 2.39. The minimum atomic E-state index is -0.327. The molecule has 2 aromatic carbocycles. The zero-order valence-electron chi connectivity index (χ0n) is 15.2. The summed E-state index contributed by atoms with van der Waals surface area (Å²) in [6, 6.07) is 9.91. The van der Waals surface area contributed by atoms with Gasteiger partial charge in [0, 0.05) is 25.4 Å². The Bertz CT molecular complexity index is 817. The van der Waals surface area contributed by atoms with Gasteiger partial charge in [-0.1, -0.05) is 23.2 Å². The second kappa shape index (κ2) is 10.6. The Morgan fingerprint density at radius 1 is 1.04 bits per heavy atom. The molecule has 149 valence electrons. The third-order valence-electron chi connectivity index (χ3n) is 3.58. The lowest BCUT2D eigenvalue weighted by Crippen LogP contribution is -2.22. The van der Waals surface area contributed by atoms with E-state index in [4.69, 9.17) is 44.3 Å². The third-order valence-corrected chi connectivity index (χ3v) is 4.40. The number of halogens is 3. The number of ketones is 1. The summed E-state index contributed by atoms with van der Waals surface area (Å²) in [5.74, 6) is 0.746. The molecule has 0 N–H and O–H groups in total. The fraction of sp³-hybridized carbons (Fsp3) is 0.250. The van der Waals surface area contributed by atoms with Crippen LogP contribution < -0.4 is 14.4 Å². The number of alkyl halides is 1. The molecule has 0 aliphatic carbocycles. The van der Waals surface area contributed by atoms with Crippen molar-refractivity contribution in [3.63, 3.8) is 0 Å². The van der Waals surface area contributed by atoms with Crippen molar-refractivity contribution in [2.45, 2.75) is 13.3 Å². The SMILES string of the molecule is [CH2]C(=O)COc1ccc(N(C(C)=O)c2cc(Cl)c(OCCCCl)c(Cl)c2)cc1. The summed E-state index contributed by atoms with van der Waals surface area (Å²) in [7, 11) is 0. The van der Waals surface area contributed by atoms with Crippen molar-refractivity contribution in [3.05, 3.63) is 53.4 Å². The van der Waals surface area contributed by atoms with Gasteiger partial charge >= 0.3 is 0 Å². The van der Waals surface area contributed by atoms with E-state index < -0.39 is 0 Å². The van der Waals surface area contributed by atoms with Gasteiger partial charge < -0.3 is 9.47 Å². The highest BCUT2D eigenvalue weighted by atomic mass is 35.5. The van der Waals surface area contributed by atoms with Gasteiger partial charge in [0.15, 0.2) is 11.5 Å². The van der Waals surface area contributed by atoms with Gasteiger partial charge in [0.1, 0.15) is 12.4 Å². The van der Waals surface area contributed by atoms with Crippen molar-refractivity contribution >= 4 is 57.9 Å². The van der Waals surface area contributed by atoms with Gasteiger partial charge in [-0.05, 0) is 42.8 Å². The molecule has 2 rings (SSSR count). The summed E-state index contributed by atoms with van der Waals surface area (Å²) >= 11 is 18.3. The summed E-state index contributed by atoms with van der Waals surface area (Å²) in [6.45, 7) is 4.95. The Morgan fingerprint density at radius 2 is 1.64 bits per heavy atom. The quantitative estimate of drug-likeness (QED) is 0.381. The molecular weight excluding hydrogens is 425 g/mol. The number of nitrogens with zero attached hydrogens (tertiary/aromatic N) is 1. The molecule has 0 aliphatic heterocycles. The normalized spacial score (nSPS) is 10.5. The molecule has 1 amide bonds. The van der Waals surface area contributed by atoms with Crippen molar-refractivity contribution in [3.8, 4) is 11.5 Å². The minimum absolute atomic E-state index is 0.119. The molecule has 0 heterocycles. The minimum Gasteiger partial charge on any atom is -0.490 e. The van der Waals surface area contributed by atoms with Gasteiger partial charge in [0.05, 0.1) is 22.3 Å². The van der Waals surface area contributed by atoms with Crippen LogP contribution in [0.25, 0.3) is 0 Å². The lowest BCUT2D eigenvalue weighted by atomic mass is 10.2. The molecule has 0 saturated heterocycles. The summed E-state index contributed by atoms with van der Waals surface area (Å²) < 4.78 is 10.9. The molecule has 8 heteroatoms. The van der Waals surface area contributed by atoms with Gasteiger partial charge in [-0.15, -0.1) is 11.6 Å². The number of hydrogen-bond donors (Lipinski definition) is 0. The highest BCUT2D eigenvalue weighted by Gasteiger charge is 2.18. The highest BCUT2D eigenvalue weighted by molar-refractivity contribution is 6.37. The number of carbonyl (C=O) groups is 2. The Labute approximate surface area is 179 Å². The molecule has 0 aromatic heterocycles. The first-order valence-corrected chi connectivity index (χ1v) is 9.68. The topological polar surface area (TPSA) is 55.8 Å². The van der Waals surface area contributed by atoms with Crippen molar-refractivity contribution in [1.82, 2.24) is 0 Å². The number of Topliss-reactive ketones (excluding diaryl/α,β-unsaturated/α-hetero) is 1. The molecule has 1 radical (unpaired) electrons. The van der Waals surface area contributed by atoms with Crippen molar-refractivity contribution in [2.24, 2.45) is 0 Å². The van der Waals surface area contributed by atoms with Crippen LogP contribution in [0.4, 0.5) is 11.4 Å². The molecular formula is C20H19Cl3NO4. The summed E-state index contributed by atoms with van der Waals surface area (Å²) in [5.41, 5.74) is 1.08. The van der Waals surface area contributed by atoms with E-state index in [1.54, 1.807) is 36.4 Å². The van der Waals surface area contributed by atoms with Crippen LogP contribution in [0, 0.1) is 6.92 Å². The van der Waals surface area contributed by atoms with Gasteiger partial charge in [-0.2, -0.15) is 0 Å². The Hall–Kier alpha value is -1.95. The van der Waals surface area contributed by atoms with Crippen LogP contribution in [0.15, 0.2) is 36.4 Å². The predicted molar refractivity (Wildman–Crippen MR) is 112 cm³/mol. The van der Waals surface area contributed by atoms with Crippen molar-refractivity contribution in [1.29, 1.82) is 0 Å². The number of rotatable bonds is 9. The van der Waals surface area contributed by atoms with E-state index in [1.807, 2.05) is 0 Å². The molecule has 0 unspecified atom stereocenters. The van der Waals surface area contributed by atoms with Crippen LogP contribution in [0.2, 0.25) is 10.0 Å². The van der Waals surface area contributed by atoms with Gasteiger partial charge in [-0.25, -0.2) is 0 Å². The zero-order chi connectivity index (χ0) is 20.7. The molecule has 0 saturated carbocycles. The maximum absolute atomic E-state index is 12.3. The number of carbonyl (C=O) groups excluding carboxylic acids is 2. The molecule has 0 bridgehead atoms. The van der Waals surface area contributed by atoms with E-state index in [0.29, 0.717) is 41.8 Å². The van der Waals surface area contributed by atoms with Crippen LogP contribution >= 0.6 is 34.8 Å². The molecule has 28 heavy (non-hydrogen) atoms. The van der Waals surface area contributed by atoms with Crippen molar-refractivity contribution in [2.75, 3.05) is 24.0 Å². The van der Waals surface area contributed by atoms with Crippen LogP contribution in [0.3, 0.4) is 0 Å². The fourth-order valence-electron chi connectivity index (χ4n) is 2.41. The number of ether oxygens (including phenoxy) is 2. The third kappa shape index (κ3) is 6.03. The summed E-state index contributed by atoms with van der Waals surface area (Å²) in [4.78, 5) is 24.6. The fourth-order valence-corrected chi connectivity index (χ4v) is 3.10. The monoisotopic (exact) mass is 442 g/mol. The number of hydrogen-bond acceptors (Lipinski definition) is 4. The first-order valence-electron chi connectivity index (χ1n) is 8.39. The molecule has 0 atom stereocenters. The average molecular weight is 444 g/mol. The van der Waals surface area contributed by atoms with E-state index >= 15 is 0 Å². The van der Waals surface area contributed by atoms with E-state index in [0.717, 1.165) is 0 Å². The van der Waals surface area contributed by atoms with Crippen LogP contribution in [0.1, 0.15) is 13.3 Å². The first kappa shape index (κ1) is 22.3. The summed E-state index contributed by atoms with van der Waals surface area (Å²) in [5, 5.41) is 0.578. The van der Waals surface area contributed by atoms with Gasteiger partial charge in [0.25, 0.3) is 0 Å². The van der Waals surface area contributed by atoms with Crippen LogP contribution in [-0.4, -0.2) is 30.8 Å². The first-order chi connectivity index (χ1) is 13.3. The van der Waals surface area contributed by atoms with E-state index in [2.05, 4.69) is 6.92 Å². The Kier molecular flexibility index (Phi) is 8.42. The molecule has 5 nitrogen and oxygen atoms in total. The van der Waals surface area contributed by atoms with Crippen molar-refractivity contribution < 1.29 is 19.1 Å². The molecule has 0 fully saturated rings. The number of anilines is 2. The maximum atomic E-state index is 12.3. The predicted octanol–water partition coefficient (Wildman–Crippen LogP) is 5.47. The smallest absolute Gasteiger partial charge is 0.228 e.